The van der Waals surface area contributed by atoms with E-state index >= 15 is 0 Å². The van der Waals surface area contributed by atoms with Gasteiger partial charge in [-0.05, 0) is 13.8 Å². The fraction of sp³-hybridized carbons (Fsp3) is 0.429. The number of rotatable bonds is 2. The Hall–Kier alpha value is -1.39. The molecule has 12 heavy (non-hydrogen) atoms. The second kappa shape index (κ2) is 3.34. The summed E-state index contributed by atoms with van der Waals surface area (Å²) in [6, 6.07) is 0. The Bertz CT molecular complexity index is 277. The van der Waals surface area contributed by atoms with Crippen LogP contribution < -0.4 is 10.5 Å². The highest BCUT2D eigenvalue weighted by Gasteiger charge is 2.07. The average Bonchev–Trinajstić information content (AvgIpc) is 1.96. The molecule has 0 aliphatic rings. The molecular weight excluding hydrogens is 161 g/mol. The number of hydrogen-bond acceptors (Lipinski definition) is 4. The summed E-state index contributed by atoms with van der Waals surface area (Å²) in [7, 11) is 0. The van der Waals surface area contributed by atoms with Gasteiger partial charge in [-0.3, -0.25) is 0 Å². The molecule has 0 saturated carbocycles. The van der Waals surface area contributed by atoms with Gasteiger partial charge in [-0.15, -0.1) is 0 Å². The van der Waals surface area contributed by atoms with Gasteiger partial charge in [0.05, 0.1) is 12.3 Å². The molecular formula is C7H10FN3O. The van der Waals surface area contributed by atoms with Gasteiger partial charge < -0.3 is 10.5 Å². The third kappa shape index (κ3) is 2.05. The highest BCUT2D eigenvalue weighted by atomic mass is 19.1. The lowest BCUT2D eigenvalue weighted by molar-refractivity contribution is 0.220. The third-order valence-corrected chi connectivity index (χ3v) is 1.08. The number of nitrogens with two attached hydrogens (primary N) is 1. The van der Waals surface area contributed by atoms with Gasteiger partial charge in [0.1, 0.15) is 0 Å². The average molecular weight is 171 g/mol. The lowest BCUT2D eigenvalue weighted by Crippen LogP contribution is -2.10. The summed E-state index contributed by atoms with van der Waals surface area (Å²) in [5.41, 5.74) is 5.23. The number of anilines is 1. The van der Waals surface area contributed by atoms with E-state index in [9.17, 15) is 4.39 Å². The molecule has 0 radical (unpaired) electrons. The van der Waals surface area contributed by atoms with Gasteiger partial charge in [-0.1, -0.05) is 0 Å². The summed E-state index contributed by atoms with van der Waals surface area (Å²) < 4.78 is 17.8. The van der Waals surface area contributed by atoms with Crippen LogP contribution in [0.2, 0.25) is 0 Å². The normalized spacial score (nSPS) is 10.3. The predicted octanol–water partition coefficient (Wildman–Crippen LogP) is 0.985. The van der Waals surface area contributed by atoms with Crippen LogP contribution in [0.3, 0.4) is 0 Å². The molecule has 0 fully saturated rings. The van der Waals surface area contributed by atoms with E-state index in [-0.39, 0.29) is 17.9 Å². The van der Waals surface area contributed by atoms with Gasteiger partial charge in [-0.25, -0.2) is 4.98 Å². The fourth-order valence-corrected chi connectivity index (χ4v) is 0.670. The first-order valence-electron chi connectivity index (χ1n) is 3.54. The lowest BCUT2D eigenvalue weighted by atomic mass is 10.5. The van der Waals surface area contributed by atoms with Gasteiger partial charge in [0.2, 0.25) is 11.8 Å². The summed E-state index contributed by atoms with van der Waals surface area (Å²) in [4.78, 5) is 7.04. The van der Waals surface area contributed by atoms with Crippen molar-refractivity contribution in [3.63, 3.8) is 0 Å². The molecule has 0 amide bonds. The van der Waals surface area contributed by atoms with Crippen molar-refractivity contribution in [2.75, 3.05) is 5.73 Å². The van der Waals surface area contributed by atoms with Crippen molar-refractivity contribution in [2.24, 2.45) is 0 Å². The Morgan fingerprint density at radius 1 is 1.58 bits per heavy atom. The van der Waals surface area contributed by atoms with Crippen molar-refractivity contribution >= 4 is 5.95 Å². The van der Waals surface area contributed by atoms with Gasteiger partial charge in [0.15, 0.2) is 0 Å². The number of nitrogen functional groups attached to an aromatic ring is 1. The maximum Gasteiger partial charge on any atom is 0.255 e. The maximum atomic E-state index is 12.8. The summed E-state index contributed by atoms with van der Waals surface area (Å²) in [6.45, 7) is 3.55. The molecule has 0 aromatic carbocycles. The van der Waals surface area contributed by atoms with Crippen molar-refractivity contribution in [3.8, 4) is 5.88 Å². The SMILES string of the molecule is CC(C)Oc1nc(N)ncc1F. The van der Waals surface area contributed by atoms with E-state index in [0.29, 0.717) is 0 Å². The van der Waals surface area contributed by atoms with Gasteiger partial charge in [-0.2, -0.15) is 9.37 Å². The van der Waals surface area contributed by atoms with Gasteiger partial charge >= 0.3 is 0 Å². The van der Waals surface area contributed by atoms with Crippen molar-refractivity contribution in [3.05, 3.63) is 12.0 Å². The van der Waals surface area contributed by atoms with Crippen LogP contribution in [-0.2, 0) is 0 Å². The van der Waals surface area contributed by atoms with E-state index in [4.69, 9.17) is 10.5 Å². The molecule has 4 nitrogen and oxygen atoms in total. The largest absolute Gasteiger partial charge is 0.473 e. The first kappa shape index (κ1) is 8.70. The maximum absolute atomic E-state index is 12.8. The van der Waals surface area contributed by atoms with Gasteiger partial charge in [0, 0.05) is 0 Å². The quantitative estimate of drug-likeness (QED) is 0.720. The van der Waals surface area contributed by atoms with Crippen LogP contribution in [0.25, 0.3) is 0 Å². The smallest absolute Gasteiger partial charge is 0.255 e. The third-order valence-electron chi connectivity index (χ3n) is 1.08. The van der Waals surface area contributed by atoms with Crippen molar-refractivity contribution in [1.82, 2.24) is 9.97 Å². The zero-order chi connectivity index (χ0) is 9.14. The summed E-state index contributed by atoms with van der Waals surface area (Å²) >= 11 is 0. The second-order valence-electron chi connectivity index (χ2n) is 2.55. The van der Waals surface area contributed by atoms with Crippen LogP contribution in [0.15, 0.2) is 6.20 Å². The van der Waals surface area contributed by atoms with Crippen LogP contribution in [-0.4, -0.2) is 16.1 Å². The fourth-order valence-electron chi connectivity index (χ4n) is 0.670. The van der Waals surface area contributed by atoms with Crippen molar-refractivity contribution in [2.45, 2.75) is 20.0 Å². The molecule has 66 valence electrons. The topological polar surface area (TPSA) is 61.0 Å². The predicted molar refractivity (Wildman–Crippen MR) is 42.2 cm³/mol. The van der Waals surface area contributed by atoms with E-state index in [1.54, 1.807) is 13.8 Å². The molecule has 1 rings (SSSR count). The number of halogens is 1. The van der Waals surface area contributed by atoms with Gasteiger partial charge in [0.25, 0.3) is 5.88 Å². The highest BCUT2D eigenvalue weighted by Crippen LogP contribution is 2.14. The summed E-state index contributed by atoms with van der Waals surface area (Å²) in [5, 5.41) is 0. The molecule has 0 aliphatic carbocycles. The number of hydrogen-bond donors (Lipinski definition) is 1. The standard InChI is InChI=1S/C7H10FN3O/c1-4(2)12-6-5(8)3-10-7(9)11-6/h3-4H,1-2H3,(H2,9,10,11). The monoisotopic (exact) mass is 171 g/mol. The number of aromatic nitrogens is 2. The van der Waals surface area contributed by atoms with E-state index in [1.165, 1.54) is 0 Å². The van der Waals surface area contributed by atoms with E-state index in [0.717, 1.165) is 6.20 Å². The molecule has 0 atom stereocenters. The molecule has 0 unspecified atom stereocenters. The molecule has 5 heteroatoms. The lowest BCUT2D eigenvalue weighted by Gasteiger charge is -2.08. The first-order chi connectivity index (χ1) is 5.59. The molecule has 0 spiro atoms. The van der Waals surface area contributed by atoms with Crippen LogP contribution in [0, 0.1) is 5.82 Å². The minimum atomic E-state index is -0.599. The van der Waals surface area contributed by atoms with E-state index < -0.39 is 5.82 Å². The zero-order valence-corrected chi connectivity index (χ0v) is 6.91. The molecule has 1 aromatic heterocycles. The highest BCUT2D eigenvalue weighted by molar-refractivity contribution is 5.22. The molecule has 0 bridgehead atoms. The van der Waals surface area contributed by atoms with Crippen molar-refractivity contribution < 1.29 is 9.13 Å². The Labute approximate surface area is 69.6 Å². The summed E-state index contributed by atoms with van der Waals surface area (Å²) in [5.74, 6) is -0.692. The zero-order valence-electron chi connectivity index (χ0n) is 6.91. The Kier molecular flexibility index (Phi) is 2.42. The summed E-state index contributed by atoms with van der Waals surface area (Å²) in [6.07, 6.45) is 0.855. The van der Waals surface area contributed by atoms with E-state index in [1.807, 2.05) is 0 Å². The molecule has 1 aromatic rings. The first-order valence-corrected chi connectivity index (χ1v) is 3.54. The molecule has 0 aliphatic heterocycles. The second-order valence-corrected chi connectivity index (χ2v) is 2.55. The van der Waals surface area contributed by atoms with Crippen LogP contribution in [0.5, 0.6) is 5.88 Å². The molecule has 1 heterocycles. The molecule has 0 saturated heterocycles. The Morgan fingerprint density at radius 3 is 2.83 bits per heavy atom. The number of ether oxygens (including phenoxy) is 1. The van der Waals surface area contributed by atoms with Crippen LogP contribution in [0.4, 0.5) is 10.3 Å². The van der Waals surface area contributed by atoms with Crippen molar-refractivity contribution in [1.29, 1.82) is 0 Å². The van der Waals surface area contributed by atoms with Crippen LogP contribution in [0.1, 0.15) is 13.8 Å². The minimum Gasteiger partial charge on any atom is -0.473 e. The van der Waals surface area contributed by atoms with E-state index in [2.05, 4.69) is 9.97 Å². The number of nitrogens with zero attached hydrogens (tertiary/aromatic N) is 2. The minimum absolute atomic E-state index is 0.00653. The Balaban J connectivity index is 2.90. The molecule has 2 N–H and O–H groups in total. The Morgan fingerprint density at radius 2 is 2.25 bits per heavy atom. The van der Waals surface area contributed by atoms with Crippen LogP contribution >= 0.6 is 0 Å².